The highest BCUT2D eigenvalue weighted by molar-refractivity contribution is 5.37. The van der Waals surface area contributed by atoms with Gasteiger partial charge >= 0.3 is 6.10 Å². The minimum atomic E-state index is -3.12. The van der Waals surface area contributed by atoms with Crippen molar-refractivity contribution in [3.05, 3.63) is 0 Å². The van der Waals surface area contributed by atoms with Crippen LogP contribution in [0.25, 0.3) is 0 Å². The van der Waals surface area contributed by atoms with Gasteiger partial charge in [-0.15, -0.1) is 0 Å². The maximum Gasteiger partial charge on any atom is 0.369 e. The quantitative estimate of drug-likeness (QED) is 0.266. The zero-order chi connectivity index (χ0) is 10.1. The molecule has 0 aliphatic carbocycles. The second-order valence-electron chi connectivity index (χ2n) is 2.14. The molecule has 0 saturated heterocycles. The highest BCUT2D eigenvalue weighted by atomic mass is 16.7. The van der Waals surface area contributed by atoms with Gasteiger partial charge in [0, 0.05) is 0 Å². The van der Waals surface area contributed by atoms with E-state index in [0.29, 0.717) is 0 Å². The summed E-state index contributed by atoms with van der Waals surface area (Å²) in [6.07, 6.45) is -3.12. The molecule has 0 aromatic carbocycles. The third kappa shape index (κ3) is 3.02. The number of anilines is 3. The van der Waals surface area contributed by atoms with Crippen LogP contribution in [-0.4, -0.2) is 36.4 Å². The van der Waals surface area contributed by atoms with Gasteiger partial charge in [0.15, 0.2) is 0 Å². The summed E-state index contributed by atoms with van der Waals surface area (Å²) >= 11 is 0. The molecule has 1 heterocycles. The van der Waals surface area contributed by atoms with E-state index in [1.165, 1.54) is 0 Å². The first kappa shape index (κ1) is 9.38. The zero-order valence-corrected chi connectivity index (χ0v) is 6.34. The second kappa shape index (κ2) is 2.97. The number of hydrogen-bond donors (Lipinski definition) is 6. The molecule has 0 spiro atoms. The Morgan fingerprint density at radius 1 is 1.00 bits per heavy atom. The molecule has 0 aliphatic heterocycles. The summed E-state index contributed by atoms with van der Waals surface area (Å²) in [7, 11) is 0. The van der Waals surface area contributed by atoms with Crippen molar-refractivity contribution in [2.75, 3.05) is 16.8 Å². The molecule has 1 aromatic rings. The van der Waals surface area contributed by atoms with Crippen molar-refractivity contribution in [1.82, 2.24) is 15.0 Å². The van der Waals surface area contributed by atoms with E-state index < -0.39 is 6.10 Å². The van der Waals surface area contributed by atoms with Gasteiger partial charge in [-0.05, 0) is 0 Å². The lowest BCUT2D eigenvalue weighted by molar-refractivity contribution is -0.289. The van der Waals surface area contributed by atoms with Gasteiger partial charge in [-0.3, -0.25) is 5.32 Å². The smallest absolute Gasteiger partial charge is 0.368 e. The van der Waals surface area contributed by atoms with Gasteiger partial charge in [0.05, 0.1) is 0 Å². The standard InChI is InChI=1S/C4H8N6O3/c5-1-7-2(6)9-3(8-1)10-4(11,12)13/h11-13H,(H5,5,6,7,8,9,10). The largest absolute Gasteiger partial charge is 0.369 e. The van der Waals surface area contributed by atoms with E-state index in [0.717, 1.165) is 0 Å². The lowest BCUT2D eigenvalue weighted by Crippen LogP contribution is -2.38. The minimum Gasteiger partial charge on any atom is -0.368 e. The van der Waals surface area contributed by atoms with E-state index in [9.17, 15) is 0 Å². The van der Waals surface area contributed by atoms with Crippen molar-refractivity contribution in [1.29, 1.82) is 0 Å². The van der Waals surface area contributed by atoms with Crippen LogP contribution in [-0.2, 0) is 0 Å². The van der Waals surface area contributed by atoms with Crippen LogP contribution in [0.2, 0.25) is 0 Å². The van der Waals surface area contributed by atoms with Crippen molar-refractivity contribution in [3.63, 3.8) is 0 Å². The Balaban J connectivity index is 2.90. The molecule has 0 fully saturated rings. The fraction of sp³-hybridized carbons (Fsp3) is 0.250. The molecular weight excluding hydrogens is 180 g/mol. The summed E-state index contributed by atoms with van der Waals surface area (Å²) in [6, 6.07) is 0. The van der Waals surface area contributed by atoms with E-state index in [1.54, 1.807) is 5.32 Å². The molecule has 9 nitrogen and oxygen atoms in total. The number of nitrogens with zero attached hydrogens (tertiary/aromatic N) is 3. The Hall–Kier alpha value is -1.71. The summed E-state index contributed by atoms with van der Waals surface area (Å²) in [6.45, 7) is 0. The lowest BCUT2D eigenvalue weighted by Gasteiger charge is -2.14. The van der Waals surface area contributed by atoms with Crippen molar-refractivity contribution >= 4 is 17.8 Å². The zero-order valence-electron chi connectivity index (χ0n) is 6.34. The van der Waals surface area contributed by atoms with Gasteiger partial charge in [-0.2, -0.15) is 15.0 Å². The monoisotopic (exact) mass is 188 g/mol. The van der Waals surface area contributed by atoms with Gasteiger partial charge in [0.25, 0.3) is 0 Å². The van der Waals surface area contributed by atoms with Crippen LogP contribution in [0.15, 0.2) is 0 Å². The van der Waals surface area contributed by atoms with Gasteiger partial charge in [-0.1, -0.05) is 0 Å². The fourth-order valence-electron chi connectivity index (χ4n) is 0.615. The van der Waals surface area contributed by atoms with Crippen LogP contribution >= 0.6 is 0 Å². The first-order valence-corrected chi connectivity index (χ1v) is 3.09. The molecule has 0 aliphatic rings. The Kier molecular flexibility index (Phi) is 2.14. The van der Waals surface area contributed by atoms with E-state index in [2.05, 4.69) is 15.0 Å². The average Bonchev–Trinajstić information content (AvgIpc) is 1.78. The SMILES string of the molecule is Nc1nc(N)nc(NC(O)(O)O)n1. The van der Waals surface area contributed by atoms with Crippen molar-refractivity contribution < 1.29 is 15.3 Å². The summed E-state index contributed by atoms with van der Waals surface area (Å²) in [5.41, 5.74) is 10.3. The van der Waals surface area contributed by atoms with Crippen molar-refractivity contribution in [2.24, 2.45) is 0 Å². The highest BCUT2D eigenvalue weighted by Gasteiger charge is 2.19. The number of nitrogens with one attached hydrogen (secondary N) is 1. The molecule has 0 bridgehead atoms. The van der Waals surface area contributed by atoms with E-state index in [-0.39, 0.29) is 17.8 Å². The fourth-order valence-corrected chi connectivity index (χ4v) is 0.615. The number of hydrogen-bond acceptors (Lipinski definition) is 9. The molecule has 8 N–H and O–H groups in total. The predicted molar refractivity (Wildman–Crippen MR) is 41.7 cm³/mol. The predicted octanol–water partition coefficient (Wildman–Crippen LogP) is -2.96. The highest BCUT2D eigenvalue weighted by Crippen LogP contribution is 2.06. The molecule has 0 saturated carbocycles. The van der Waals surface area contributed by atoms with Crippen LogP contribution in [0.3, 0.4) is 0 Å². The van der Waals surface area contributed by atoms with E-state index in [1.807, 2.05) is 0 Å². The maximum atomic E-state index is 8.47. The number of nitrogens with two attached hydrogens (primary N) is 2. The molecule has 72 valence electrons. The topological polar surface area (TPSA) is 163 Å². The van der Waals surface area contributed by atoms with Gasteiger partial charge < -0.3 is 26.8 Å². The second-order valence-corrected chi connectivity index (χ2v) is 2.14. The summed E-state index contributed by atoms with van der Waals surface area (Å²) < 4.78 is 0. The summed E-state index contributed by atoms with van der Waals surface area (Å²) in [5.74, 6) is -0.768. The number of aliphatic hydroxyl groups is 3. The first-order valence-electron chi connectivity index (χ1n) is 3.09. The molecule has 0 unspecified atom stereocenters. The molecule has 0 atom stereocenters. The van der Waals surface area contributed by atoms with E-state index >= 15 is 0 Å². The third-order valence-electron chi connectivity index (χ3n) is 0.950. The maximum absolute atomic E-state index is 8.47. The van der Waals surface area contributed by atoms with Crippen molar-refractivity contribution in [3.8, 4) is 0 Å². The molecule has 0 amide bonds. The van der Waals surface area contributed by atoms with Gasteiger partial charge in [0.2, 0.25) is 17.8 Å². The van der Waals surface area contributed by atoms with Gasteiger partial charge in [0.1, 0.15) is 0 Å². The number of nitrogen functional groups attached to an aromatic ring is 2. The van der Waals surface area contributed by atoms with Crippen LogP contribution in [0.5, 0.6) is 0 Å². The Bertz CT molecular complexity index is 289. The molecule has 0 radical (unpaired) electrons. The lowest BCUT2D eigenvalue weighted by atomic mass is 10.8. The van der Waals surface area contributed by atoms with Gasteiger partial charge in [-0.25, -0.2) is 0 Å². The normalized spacial score (nSPS) is 11.3. The Morgan fingerprint density at radius 2 is 1.46 bits per heavy atom. The Morgan fingerprint density at radius 3 is 1.85 bits per heavy atom. The van der Waals surface area contributed by atoms with Crippen molar-refractivity contribution in [2.45, 2.75) is 6.10 Å². The van der Waals surface area contributed by atoms with Crippen LogP contribution in [0.1, 0.15) is 0 Å². The Labute approximate surface area is 72.1 Å². The summed E-state index contributed by atoms with van der Waals surface area (Å²) in [5, 5.41) is 27.1. The number of aromatic nitrogens is 3. The average molecular weight is 188 g/mol. The van der Waals surface area contributed by atoms with E-state index in [4.69, 9.17) is 26.8 Å². The third-order valence-corrected chi connectivity index (χ3v) is 0.950. The van der Waals surface area contributed by atoms with Crippen LogP contribution < -0.4 is 16.8 Å². The molecule has 13 heavy (non-hydrogen) atoms. The van der Waals surface area contributed by atoms with Crippen LogP contribution in [0, 0.1) is 0 Å². The first-order chi connectivity index (χ1) is 5.87. The molecule has 1 aromatic heterocycles. The molecule has 9 heteroatoms. The summed E-state index contributed by atoms with van der Waals surface area (Å²) in [4.78, 5) is 10.2. The molecular formula is C4H8N6O3. The number of rotatable bonds is 2. The van der Waals surface area contributed by atoms with Crippen LogP contribution in [0.4, 0.5) is 17.8 Å². The minimum absolute atomic E-state index is 0.209. The molecule has 1 rings (SSSR count).